The zero-order valence-electron chi connectivity index (χ0n) is 15.9. The molecule has 0 aliphatic carbocycles. The number of ether oxygens (including phenoxy) is 1. The first kappa shape index (κ1) is 19.8. The van der Waals surface area contributed by atoms with Crippen LogP contribution >= 0.6 is 0 Å². The fourth-order valence-electron chi connectivity index (χ4n) is 2.87. The summed E-state index contributed by atoms with van der Waals surface area (Å²) in [7, 11) is 0. The molecule has 1 N–H and O–H groups in total. The van der Waals surface area contributed by atoms with Crippen LogP contribution in [0.25, 0.3) is 0 Å². The maximum absolute atomic E-state index is 12.4. The molecule has 2 rings (SSSR count). The van der Waals surface area contributed by atoms with Crippen LogP contribution in [0.4, 0.5) is 10.5 Å². The molecule has 1 fully saturated rings. The second-order valence-electron chi connectivity index (χ2n) is 7.23. The molecule has 0 radical (unpaired) electrons. The van der Waals surface area contributed by atoms with Crippen LogP contribution in [0.5, 0.6) is 0 Å². The maximum atomic E-state index is 12.4. The van der Waals surface area contributed by atoms with Gasteiger partial charge in [0, 0.05) is 31.9 Å². The van der Waals surface area contributed by atoms with Gasteiger partial charge in [0.2, 0.25) is 0 Å². The maximum Gasteiger partial charge on any atom is 0.409 e. The Kier molecular flexibility index (Phi) is 6.23. The quantitative estimate of drug-likeness (QED) is 0.819. The van der Waals surface area contributed by atoms with Crippen LogP contribution in [0, 0.1) is 0 Å². The largest absolute Gasteiger partial charge is 0.450 e. The monoisotopic (exact) mass is 361 g/mol. The van der Waals surface area contributed by atoms with Gasteiger partial charge in [-0.1, -0.05) is 39.0 Å². The molecule has 0 aromatic heterocycles. The number of amides is 3. The number of carbonyl (C=O) groups is 3. The van der Waals surface area contributed by atoms with E-state index in [1.807, 2.05) is 18.2 Å². The summed E-state index contributed by atoms with van der Waals surface area (Å²) in [5.74, 6) is -1.25. The Labute approximate surface area is 154 Å². The van der Waals surface area contributed by atoms with Gasteiger partial charge in [0.25, 0.3) is 0 Å². The third kappa shape index (κ3) is 4.74. The first-order valence-corrected chi connectivity index (χ1v) is 8.85. The Bertz CT molecular complexity index is 674. The van der Waals surface area contributed by atoms with Gasteiger partial charge in [-0.15, -0.1) is 0 Å². The highest BCUT2D eigenvalue weighted by Crippen LogP contribution is 2.29. The Hall–Kier alpha value is -2.57. The van der Waals surface area contributed by atoms with Gasteiger partial charge in [-0.2, -0.15) is 0 Å². The lowest BCUT2D eigenvalue weighted by molar-refractivity contribution is -0.144. The number of anilines is 1. The van der Waals surface area contributed by atoms with Gasteiger partial charge in [0.15, 0.2) is 0 Å². The van der Waals surface area contributed by atoms with Crippen LogP contribution in [-0.2, 0) is 19.7 Å². The van der Waals surface area contributed by atoms with Gasteiger partial charge < -0.3 is 19.9 Å². The number of carbonyl (C=O) groups excluding carboxylic acids is 3. The standard InChI is InChI=1S/C19H27N3O4/c1-5-26-18(25)22-12-10-21(11-13-22)17(24)16(23)20-15-9-7-6-8-14(15)19(2,3)4/h6-9H,5,10-13H2,1-4H3,(H,20,23). The summed E-state index contributed by atoms with van der Waals surface area (Å²) in [5, 5.41) is 2.73. The molecule has 1 aromatic carbocycles. The molecular formula is C19H27N3O4. The highest BCUT2D eigenvalue weighted by atomic mass is 16.6. The molecule has 7 nitrogen and oxygen atoms in total. The van der Waals surface area contributed by atoms with Gasteiger partial charge >= 0.3 is 17.9 Å². The second-order valence-corrected chi connectivity index (χ2v) is 7.23. The number of hydrogen-bond donors (Lipinski definition) is 1. The van der Waals surface area contributed by atoms with E-state index < -0.39 is 11.8 Å². The highest BCUT2D eigenvalue weighted by molar-refractivity contribution is 6.39. The molecule has 3 amide bonds. The zero-order valence-corrected chi connectivity index (χ0v) is 15.9. The SMILES string of the molecule is CCOC(=O)N1CCN(C(=O)C(=O)Nc2ccccc2C(C)(C)C)CC1. The number of rotatable bonds is 2. The van der Waals surface area contributed by atoms with Crippen LogP contribution < -0.4 is 5.32 Å². The van der Waals surface area contributed by atoms with Crippen LogP contribution in [-0.4, -0.2) is 60.5 Å². The van der Waals surface area contributed by atoms with Crippen molar-refractivity contribution in [1.29, 1.82) is 0 Å². The van der Waals surface area contributed by atoms with Gasteiger partial charge in [-0.05, 0) is 24.0 Å². The Balaban J connectivity index is 1.98. The van der Waals surface area contributed by atoms with E-state index in [9.17, 15) is 14.4 Å². The van der Waals surface area contributed by atoms with E-state index in [4.69, 9.17) is 4.74 Å². The van der Waals surface area contributed by atoms with E-state index >= 15 is 0 Å². The lowest BCUT2D eigenvalue weighted by Crippen LogP contribution is -2.53. The van der Waals surface area contributed by atoms with E-state index in [0.29, 0.717) is 38.5 Å². The molecule has 1 aliphatic rings. The molecule has 0 spiro atoms. The fraction of sp³-hybridized carbons (Fsp3) is 0.526. The number of benzene rings is 1. The summed E-state index contributed by atoms with van der Waals surface area (Å²) in [6.45, 7) is 9.55. The molecule has 1 heterocycles. The third-order valence-corrected chi connectivity index (χ3v) is 4.27. The van der Waals surface area contributed by atoms with Crippen molar-refractivity contribution in [3.63, 3.8) is 0 Å². The average molecular weight is 361 g/mol. The van der Waals surface area contributed by atoms with Crippen molar-refractivity contribution >= 4 is 23.6 Å². The molecule has 0 unspecified atom stereocenters. The minimum atomic E-state index is -0.661. The van der Waals surface area contributed by atoms with Gasteiger partial charge in [0.05, 0.1) is 6.61 Å². The topological polar surface area (TPSA) is 79.0 Å². The lowest BCUT2D eigenvalue weighted by Gasteiger charge is -2.33. The van der Waals surface area contributed by atoms with Crippen LogP contribution in [0.15, 0.2) is 24.3 Å². The molecule has 0 saturated carbocycles. The first-order valence-electron chi connectivity index (χ1n) is 8.85. The first-order chi connectivity index (χ1) is 12.2. The molecule has 7 heteroatoms. The van der Waals surface area contributed by atoms with Crippen molar-refractivity contribution < 1.29 is 19.1 Å². The number of para-hydroxylation sites is 1. The Morgan fingerprint density at radius 1 is 1.04 bits per heavy atom. The molecule has 1 aromatic rings. The summed E-state index contributed by atoms with van der Waals surface area (Å²) in [5.41, 5.74) is 1.45. The van der Waals surface area contributed by atoms with Crippen LogP contribution in [0.3, 0.4) is 0 Å². The van der Waals surface area contributed by atoms with Gasteiger partial charge in [0.1, 0.15) is 0 Å². The van der Waals surface area contributed by atoms with Crippen LogP contribution in [0.1, 0.15) is 33.3 Å². The number of hydrogen-bond acceptors (Lipinski definition) is 4. The van der Waals surface area contributed by atoms with Crippen molar-refractivity contribution in [2.45, 2.75) is 33.1 Å². The van der Waals surface area contributed by atoms with E-state index in [1.165, 1.54) is 4.90 Å². The summed E-state index contributed by atoms with van der Waals surface area (Å²) < 4.78 is 4.95. The molecule has 0 bridgehead atoms. The van der Waals surface area contributed by atoms with Crippen molar-refractivity contribution in [2.24, 2.45) is 0 Å². The second kappa shape index (κ2) is 8.21. The molecule has 0 atom stereocenters. The summed E-state index contributed by atoms with van der Waals surface area (Å²) in [6, 6.07) is 7.47. The van der Waals surface area contributed by atoms with E-state index in [-0.39, 0.29) is 11.5 Å². The summed E-state index contributed by atoms with van der Waals surface area (Å²) in [6.07, 6.45) is -0.386. The summed E-state index contributed by atoms with van der Waals surface area (Å²) >= 11 is 0. The Morgan fingerprint density at radius 2 is 1.62 bits per heavy atom. The minimum Gasteiger partial charge on any atom is -0.450 e. The van der Waals surface area contributed by atoms with Crippen molar-refractivity contribution in [3.05, 3.63) is 29.8 Å². The Morgan fingerprint density at radius 3 is 2.19 bits per heavy atom. The predicted octanol–water partition coefficient (Wildman–Crippen LogP) is 2.22. The number of piperazine rings is 1. The van der Waals surface area contributed by atoms with Crippen molar-refractivity contribution in [2.75, 3.05) is 38.1 Å². The van der Waals surface area contributed by atoms with E-state index in [0.717, 1.165) is 5.56 Å². The molecule has 26 heavy (non-hydrogen) atoms. The zero-order chi connectivity index (χ0) is 19.3. The van der Waals surface area contributed by atoms with Gasteiger partial charge in [-0.3, -0.25) is 9.59 Å². The number of nitrogens with one attached hydrogen (secondary N) is 1. The van der Waals surface area contributed by atoms with Crippen molar-refractivity contribution in [3.8, 4) is 0 Å². The lowest BCUT2D eigenvalue weighted by atomic mass is 9.86. The minimum absolute atomic E-state index is 0.155. The predicted molar refractivity (Wildman–Crippen MR) is 98.9 cm³/mol. The fourth-order valence-corrected chi connectivity index (χ4v) is 2.87. The smallest absolute Gasteiger partial charge is 0.409 e. The number of nitrogens with zero attached hydrogens (tertiary/aromatic N) is 2. The average Bonchev–Trinajstić information content (AvgIpc) is 2.61. The van der Waals surface area contributed by atoms with E-state index in [1.54, 1.807) is 17.9 Å². The molecule has 142 valence electrons. The van der Waals surface area contributed by atoms with Crippen molar-refractivity contribution in [1.82, 2.24) is 9.80 Å². The molecule has 1 aliphatic heterocycles. The van der Waals surface area contributed by atoms with Crippen LogP contribution in [0.2, 0.25) is 0 Å². The van der Waals surface area contributed by atoms with E-state index in [2.05, 4.69) is 26.1 Å². The molecular weight excluding hydrogens is 334 g/mol. The van der Waals surface area contributed by atoms with Gasteiger partial charge in [-0.25, -0.2) is 4.79 Å². The normalized spacial score (nSPS) is 14.8. The third-order valence-electron chi connectivity index (χ3n) is 4.27. The molecule has 1 saturated heterocycles. The highest BCUT2D eigenvalue weighted by Gasteiger charge is 2.29. The summed E-state index contributed by atoms with van der Waals surface area (Å²) in [4.78, 5) is 39.6.